The molecule has 0 fully saturated rings. The number of carbonyl (C=O) groups excluding carboxylic acids is 1. The number of hydrogen-bond acceptors (Lipinski definition) is 4. The maximum Gasteiger partial charge on any atom is 0.315 e. The third kappa shape index (κ3) is 4.07. The molecule has 0 unspecified atom stereocenters. The summed E-state index contributed by atoms with van der Waals surface area (Å²) in [5.41, 5.74) is 2.45. The van der Waals surface area contributed by atoms with E-state index < -0.39 is 0 Å². The second-order valence-electron chi connectivity index (χ2n) is 6.09. The van der Waals surface area contributed by atoms with Gasteiger partial charge in [-0.1, -0.05) is 18.2 Å². The van der Waals surface area contributed by atoms with Gasteiger partial charge in [0.1, 0.15) is 5.75 Å². The normalized spacial score (nSPS) is 14.1. The van der Waals surface area contributed by atoms with Gasteiger partial charge in [0.15, 0.2) is 0 Å². The summed E-state index contributed by atoms with van der Waals surface area (Å²) in [6, 6.07) is 10.3. The minimum atomic E-state index is -0.139. The van der Waals surface area contributed by atoms with E-state index >= 15 is 0 Å². The maximum atomic E-state index is 12.0. The highest BCUT2D eigenvalue weighted by molar-refractivity contribution is 7.09. The standard InChI is InChI=1S/C18H23N3O2S/c1-21(2)16(13-5-6-17-14(10-13)7-8-23-17)12-20-18(22)19-11-15-4-3-9-24-15/h3-6,9-10,16H,7-8,11-12H2,1-2H3,(H2,19,20,22)/t16-/m1/s1. The molecule has 1 aliphatic rings. The molecule has 24 heavy (non-hydrogen) atoms. The van der Waals surface area contributed by atoms with Crippen LogP contribution in [0.3, 0.4) is 0 Å². The fourth-order valence-electron chi connectivity index (χ4n) is 2.84. The second kappa shape index (κ2) is 7.68. The van der Waals surface area contributed by atoms with Crippen LogP contribution in [0.4, 0.5) is 4.79 Å². The van der Waals surface area contributed by atoms with E-state index in [1.807, 2.05) is 37.7 Å². The van der Waals surface area contributed by atoms with Crippen molar-refractivity contribution in [1.82, 2.24) is 15.5 Å². The van der Waals surface area contributed by atoms with Crippen LogP contribution < -0.4 is 15.4 Å². The maximum absolute atomic E-state index is 12.0. The predicted octanol–water partition coefficient (Wildman–Crippen LogP) is 2.79. The Morgan fingerprint density at radius 3 is 2.96 bits per heavy atom. The van der Waals surface area contributed by atoms with Crippen molar-refractivity contribution in [3.63, 3.8) is 0 Å². The lowest BCUT2D eigenvalue weighted by Gasteiger charge is -2.25. The van der Waals surface area contributed by atoms with Crippen molar-refractivity contribution >= 4 is 17.4 Å². The molecule has 6 heteroatoms. The molecule has 0 bridgehead atoms. The lowest BCUT2D eigenvalue weighted by Crippen LogP contribution is -2.40. The first kappa shape index (κ1) is 16.8. The molecule has 0 aliphatic carbocycles. The lowest BCUT2D eigenvalue weighted by atomic mass is 10.0. The molecule has 5 nitrogen and oxygen atoms in total. The number of benzene rings is 1. The summed E-state index contributed by atoms with van der Waals surface area (Å²) in [7, 11) is 4.05. The molecule has 128 valence electrons. The van der Waals surface area contributed by atoms with Crippen LogP contribution in [0.15, 0.2) is 35.7 Å². The van der Waals surface area contributed by atoms with E-state index in [-0.39, 0.29) is 12.1 Å². The van der Waals surface area contributed by atoms with Crippen molar-refractivity contribution in [2.45, 2.75) is 19.0 Å². The highest BCUT2D eigenvalue weighted by atomic mass is 32.1. The van der Waals surface area contributed by atoms with Gasteiger partial charge >= 0.3 is 6.03 Å². The van der Waals surface area contributed by atoms with Gasteiger partial charge in [0.05, 0.1) is 19.2 Å². The first-order valence-corrected chi connectivity index (χ1v) is 8.97. The number of likely N-dealkylation sites (N-methyl/N-ethyl adjacent to an activating group) is 1. The Balaban J connectivity index is 1.57. The van der Waals surface area contributed by atoms with Crippen LogP contribution in [-0.4, -0.2) is 38.2 Å². The first-order valence-electron chi connectivity index (χ1n) is 8.09. The number of urea groups is 1. The summed E-state index contributed by atoms with van der Waals surface area (Å²) in [5, 5.41) is 7.88. The number of hydrogen-bond donors (Lipinski definition) is 2. The fourth-order valence-corrected chi connectivity index (χ4v) is 3.49. The highest BCUT2D eigenvalue weighted by Gasteiger charge is 2.19. The number of ether oxygens (including phenoxy) is 1. The molecule has 2 amide bonds. The minimum Gasteiger partial charge on any atom is -0.493 e. The quantitative estimate of drug-likeness (QED) is 0.846. The van der Waals surface area contributed by atoms with E-state index in [2.05, 4.69) is 27.7 Å². The molecular weight excluding hydrogens is 322 g/mol. The zero-order valence-corrected chi connectivity index (χ0v) is 14.9. The predicted molar refractivity (Wildman–Crippen MR) is 96.6 cm³/mol. The van der Waals surface area contributed by atoms with Gasteiger partial charge in [-0.2, -0.15) is 0 Å². The van der Waals surface area contributed by atoms with Gasteiger partial charge in [-0.05, 0) is 42.7 Å². The van der Waals surface area contributed by atoms with Gasteiger partial charge in [-0.15, -0.1) is 11.3 Å². The van der Waals surface area contributed by atoms with E-state index in [9.17, 15) is 4.79 Å². The van der Waals surface area contributed by atoms with Crippen LogP contribution in [0.25, 0.3) is 0 Å². The third-order valence-electron chi connectivity index (χ3n) is 4.18. The zero-order chi connectivity index (χ0) is 16.9. The third-order valence-corrected chi connectivity index (χ3v) is 5.06. The van der Waals surface area contributed by atoms with Crippen LogP contribution in [0.1, 0.15) is 22.0 Å². The molecule has 3 rings (SSSR count). The summed E-state index contributed by atoms with van der Waals surface area (Å²) >= 11 is 1.64. The summed E-state index contributed by atoms with van der Waals surface area (Å²) in [6.07, 6.45) is 0.956. The minimum absolute atomic E-state index is 0.128. The lowest BCUT2D eigenvalue weighted by molar-refractivity contribution is 0.232. The molecule has 2 aromatic rings. The van der Waals surface area contributed by atoms with Crippen molar-refractivity contribution < 1.29 is 9.53 Å². The molecule has 1 atom stereocenters. The van der Waals surface area contributed by atoms with Crippen LogP contribution in [0.5, 0.6) is 5.75 Å². The SMILES string of the molecule is CN(C)[C@H](CNC(=O)NCc1cccs1)c1ccc2c(c1)CCO2. The molecule has 0 spiro atoms. The van der Waals surface area contributed by atoms with Gasteiger partial charge in [0, 0.05) is 17.8 Å². The number of amides is 2. The van der Waals surface area contributed by atoms with Gasteiger partial charge in [0.25, 0.3) is 0 Å². The molecule has 2 N–H and O–H groups in total. The number of carbonyl (C=O) groups is 1. The molecule has 0 saturated heterocycles. The summed E-state index contributed by atoms with van der Waals surface area (Å²) in [5.74, 6) is 0.984. The Bertz CT molecular complexity index is 686. The molecule has 1 aliphatic heterocycles. The fraction of sp³-hybridized carbons (Fsp3) is 0.389. The average molecular weight is 345 g/mol. The monoisotopic (exact) mass is 345 g/mol. The van der Waals surface area contributed by atoms with Gasteiger partial charge in [-0.25, -0.2) is 4.79 Å². The molecule has 0 radical (unpaired) electrons. The van der Waals surface area contributed by atoms with Crippen molar-refractivity contribution in [3.05, 3.63) is 51.7 Å². The Labute approximate surface area is 146 Å². The summed E-state index contributed by atoms with van der Waals surface area (Å²) in [4.78, 5) is 15.3. The van der Waals surface area contributed by atoms with E-state index in [4.69, 9.17) is 4.74 Å². The van der Waals surface area contributed by atoms with Gasteiger partial charge in [-0.3, -0.25) is 0 Å². The second-order valence-corrected chi connectivity index (χ2v) is 7.12. The summed E-state index contributed by atoms with van der Waals surface area (Å²) in [6.45, 7) is 1.88. The number of fused-ring (bicyclic) bond motifs is 1. The van der Waals surface area contributed by atoms with E-state index in [1.54, 1.807) is 11.3 Å². The zero-order valence-electron chi connectivity index (χ0n) is 14.0. The Morgan fingerprint density at radius 2 is 2.21 bits per heavy atom. The van der Waals surface area contributed by atoms with Crippen molar-refractivity contribution in [3.8, 4) is 5.75 Å². The largest absolute Gasteiger partial charge is 0.493 e. The van der Waals surface area contributed by atoms with Crippen LogP contribution in [-0.2, 0) is 13.0 Å². The molecule has 1 aromatic heterocycles. The van der Waals surface area contributed by atoms with Crippen LogP contribution in [0.2, 0.25) is 0 Å². The number of rotatable bonds is 6. The van der Waals surface area contributed by atoms with E-state index in [1.165, 1.54) is 11.1 Å². The Hall–Kier alpha value is -2.05. The molecular formula is C18H23N3O2S. The van der Waals surface area contributed by atoms with Crippen LogP contribution in [0, 0.1) is 0 Å². The Morgan fingerprint density at radius 1 is 1.33 bits per heavy atom. The van der Waals surface area contributed by atoms with Crippen molar-refractivity contribution in [2.24, 2.45) is 0 Å². The number of nitrogens with one attached hydrogen (secondary N) is 2. The topological polar surface area (TPSA) is 53.6 Å². The number of thiophene rings is 1. The van der Waals surface area contributed by atoms with Gasteiger partial charge in [0.2, 0.25) is 0 Å². The van der Waals surface area contributed by atoms with E-state index in [0.717, 1.165) is 23.7 Å². The van der Waals surface area contributed by atoms with Crippen molar-refractivity contribution in [1.29, 1.82) is 0 Å². The highest BCUT2D eigenvalue weighted by Crippen LogP contribution is 2.29. The van der Waals surface area contributed by atoms with Crippen molar-refractivity contribution in [2.75, 3.05) is 27.2 Å². The average Bonchev–Trinajstić information content (AvgIpc) is 3.23. The summed E-state index contributed by atoms with van der Waals surface area (Å²) < 4.78 is 5.57. The first-order chi connectivity index (χ1) is 11.6. The molecule has 2 heterocycles. The van der Waals surface area contributed by atoms with E-state index in [0.29, 0.717) is 13.1 Å². The smallest absolute Gasteiger partial charge is 0.315 e. The molecule has 0 saturated carbocycles. The molecule has 1 aromatic carbocycles. The Kier molecular flexibility index (Phi) is 5.37. The van der Waals surface area contributed by atoms with Crippen LogP contribution >= 0.6 is 11.3 Å². The number of nitrogens with zero attached hydrogens (tertiary/aromatic N) is 1. The van der Waals surface area contributed by atoms with Gasteiger partial charge < -0.3 is 20.3 Å².